The second kappa shape index (κ2) is 7.61. The van der Waals surface area contributed by atoms with Gasteiger partial charge in [-0.2, -0.15) is 0 Å². The molecule has 80 valence electrons. The monoisotopic (exact) mass is 192 g/mol. The van der Waals surface area contributed by atoms with E-state index in [0.29, 0.717) is 0 Å². The van der Waals surface area contributed by atoms with Crippen LogP contribution in [-0.2, 0) is 0 Å². The van der Waals surface area contributed by atoms with Crippen LogP contribution in [-0.4, -0.2) is 0 Å². The molecule has 0 spiro atoms. The van der Waals surface area contributed by atoms with Crippen molar-refractivity contribution in [3.63, 3.8) is 0 Å². The summed E-state index contributed by atoms with van der Waals surface area (Å²) in [6.07, 6.45) is 8.97. The van der Waals surface area contributed by atoms with Crippen LogP contribution in [0.1, 0.15) is 53.4 Å². The average molecular weight is 192 g/mol. The van der Waals surface area contributed by atoms with Crippen LogP contribution in [0, 0.1) is 0 Å². The highest BCUT2D eigenvalue weighted by Crippen LogP contribution is 2.16. The largest absolute Gasteiger partial charge is 0.103 e. The highest BCUT2D eigenvalue weighted by Gasteiger charge is 1.96. The Morgan fingerprint density at radius 3 is 2.21 bits per heavy atom. The summed E-state index contributed by atoms with van der Waals surface area (Å²) >= 11 is 0. The van der Waals surface area contributed by atoms with Crippen molar-refractivity contribution in [1.29, 1.82) is 0 Å². The Kier molecular flexibility index (Phi) is 7.18. The molecule has 0 aliphatic heterocycles. The predicted octanol–water partition coefficient (Wildman–Crippen LogP) is 5.04. The van der Waals surface area contributed by atoms with Gasteiger partial charge in [0, 0.05) is 0 Å². The van der Waals surface area contributed by atoms with Gasteiger partial charge in [0.05, 0.1) is 0 Å². The summed E-state index contributed by atoms with van der Waals surface area (Å²) < 4.78 is 0. The second-order valence-electron chi connectivity index (χ2n) is 4.07. The molecule has 0 aliphatic rings. The molecular weight excluding hydrogens is 168 g/mol. The molecule has 0 N–H and O–H groups in total. The Bertz CT molecular complexity index is 224. The van der Waals surface area contributed by atoms with Crippen molar-refractivity contribution in [3.05, 3.63) is 35.5 Å². The molecule has 14 heavy (non-hydrogen) atoms. The van der Waals surface area contributed by atoms with Crippen molar-refractivity contribution in [2.24, 2.45) is 0 Å². The van der Waals surface area contributed by atoms with E-state index >= 15 is 0 Å². The fourth-order valence-corrected chi connectivity index (χ4v) is 1.38. The van der Waals surface area contributed by atoms with Crippen molar-refractivity contribution in [2.45, 2.75) is 53.4 Å². The van der Waals surface area contributed by atoms with Crippen molar-refractivity contribution in [2.75, 3.05) is 0 Å². The summed E-state index contributed by atoms with van der Waals surface area (Å²) in [5, 5.41) is 0. The number of rotatable bonds is 6. The normalized spacial score (nSPS) is 11.3. The van der Waals surface area contributed by atoms with E-state index in [1.54, 1.807) is 5.57 Å². The second-order valence-corrected chi connectivity index (χ2v) is 4.07. The van der Waals surface area contributed by atoms with Crippen molar-refractivity contribution < 1.29 is 0 Å². The molecule has 0 radical (unpaired) electrons. The summed E-state index contributed by atoms with van der Waals surface area (Å²) in [5.41, 5.74) is 4.52. The molecule has 0 nitrogen and oxygen atoms in total. The maximum absolute atomic E-state index is 3.77. The minimum absolute atomic E-state index is 1.05. The lowest BCUT2D eigenvalue weighted by molar-refractivity contribution is 0.783. The standard InChI is InChI=1S/C14H24/c1-6-9-14(7-2)11-8-10-13(5)12(3)4/h6-7H,1,8-11H2,2-5H3. The van der Waals surface area contributed by atoms with E-state index < -0.39 is 0 Å². The summed E-state index contributed by atoms with van der Waals surface area (Å²) in [5.74, 6) is 0. The van der Waals surface area contributed by atoms with Crippen LogP contribution in [0.15, 0.2) is 35.5 Å². The van der Waals surface area contributed by atoms with Crippen LogP contribution in [0.3, 0.4) is 0 Å². The molecule has 0 saturated carbocycles. The molecule has 0 bridgehead atoms. The molecule has 0 fully saturated rings. The smallest absolute Gasteiger partial charge is 0.0142 e. The first-order valence-corrected chi connectivity index (χ1v) is 5.49. The molecular formula is C14H24. The van der Waals surface area contributed by atoms with Gasteiger partial charge < -0.3 is 0 Å². The molecule has 0 unspecified atom stereocenters. The summed E-state index contributed by atoms with van der Waals surface area (Å²) in [7, 11) is 0. The van der Waals surface area contributed by atoms with Crippen molar-refractivity contribution in [1.82, 2.24) is 0 Å². The van der Waals surface area contributed by atoms with E-state index in [1.807, 2.05) is 6.08 Å². The van der Waals surface area contributed by atoms with Gasteiger partial charge in [0.15, 0.2) is 0 Å². The van der Waals surface area contributed by atoms with E-state index in [9.17, 15) is 0 Å². The molecule has 0 atom stereocenters. The van der Waals surface area contributed by atoms with Gasteiger partial charge in [-0.1, -0.05) is 28.9 Å². The maximum atomic E-state index is 3.77. The van der Waals surface area contributed by atoms with Crippen molar-refractivity contribution >= 4 is 0 Å². The molecule has 0 aromatic heterocycles. The molecule has 0 heteroatoms. The van der Waals surface area contributed by atoms with Gasteiger partial charge in [0.25, 0.3) is 0 Å². The van der Waals surface area contributed by atoms with Crippen LogP contribution >= 0.6 is 0 Å². The van der Waals surface area contributed by atoms with Crippen LogP contribution in [0.25, 0.3) is 0 Å². The molecule has 0 heterocycles. The first kappa shape index (κ1) is 13.2. The van der Waals surface area contributed by atoms with Gasteiger partial charge in [-0.05, 0) is 53.4 Å². The average Bonchev–Trinajstić information content (AvgIpc) is 2.16. The lowest BCUT2D eigenvalue weighted by Gasteiger charge is -2.06. The molecule has 0 aromatic rings. The predicted molar refractivity (Wildman–Crippen MR) is 66.5 cm³/mol. The van der Waals surface area contributed by atoms with E-state index in [1.165, 1.54) is 30.4 Å². The van der Waals surface area contributed by atoms with Gasteiger partial charge in [-0.3, -0.25) is 0 Å². The highest BCUT2D eigenvalue weighted by atomic mass is 14.0. The third-order valence-electron chi connectivity index (χ3n) is 2.72. The zero-order chi connectivity index (χ0) is 11.0. The van der Waals surface area contributed by atoms with E-state index in [4.69, 9.17) is 0 Å². The minimum atomic E-state index is 1.05. The zero-order valence-electron chi connectivity index (χ0n) is 10.2. The summed E-state index contributed by atoms with van der Waals surface area (Å²) in [4.78, 5) is 0. The number of hydrogen-bond donors (Lipinski definition) is 0. The lowest BCUT2D eigenvalue weighted by atomic mass is 10.0. The van der Waals surface area contributed by atoms with Gasteiger partial charge >= 0.3 is 0 Å². The SMILES string of the molecule is C=CCC(=CC)CCCC(C)=C(C)C. The first-order chi connectivity index (χ1) is 6.61. The Labute approximate surface area is 89.4 Å². The Morgan fingerprint density at radius 1 is 1.14 bits per heavy atom. The first-order valence-electron chi connectivity index (χ1n) is 5.49. The van der Waals surface area contributed by atoms with E-state index in [-0.39, 0.29) is 0 Å². The number of allylic oxidation sites excluding steroid dienone is 5. The Hall–Kier alpha value is -0.780. The molecule has 0 aliphatic carbocycles. The lowest BCUT2D eigenvalue weighted by Crippen LogP contribution is -1.86. The van der Waals surface area contributed by atoms with Crippen LogP contribution in [0.2, 0.25) is 0 Å². The highest BCUT2D eigenvalue weighted by molar-refractivity contribution is 5.09. The van der Waals surface area contributed by atoms with Gasteiger partial charge in [-0.15, -0.1) is 6.58 Å². The van der Waals surface area contributed by atoms with Crippen LogP contribution < -0.4 is 0 Å². The van der Waals surface area contributed by atoms with Crippen molar-refractivity contribution in [3.8, 4) is 0 Å². The third-order valence-corrected chi connectivity index (χ3v) is 2.72. The Morgan fingerprint density at radius 2 is 1.79 bits per heavy atom. The Balaban J connectivity index is 3.84. The third kappa shape index (κ3) is 5.80. The van der Waals surface area contributed by atoms with E-state index in [0.717, 1.165) is 6.42 Å². The van der Waals surface area contributed by atoms with Gasteiger partial charge in [0.1, 0.15) is 0 Å². The molecule has 0 aromatic carbocycles. The summed E-state index contributed by atoms with van der Waals surface area (Å²) in [6, 6.07) is 0. The zero-order valence-corrected chi connectivity index (χ0v) is 10.2. The quantitative estimate of drug-likeness (QED) is 0.517. The molecule has 0 rings (SSSR count). The van der Waals surface area contributed by atoms with Crippen LogP contribution in [0.4, 0.5) is 0 Å². The van der Waals surface area contributed by atoms with Crippen LogP contribution in [0.5, 0.6) is 0 Å². The number of hydrogen-bond acceptors (Lipinski definition) is 0. The van der Waals surface area contributed by atoms with E-state index in [2.05, 4.69) is 40.3 Å². The fourth-order valence-electron chi connectivity index (χ4n) is 1.38. The van der Waals surface area contributed by atoms with Gasteiger partial charge in [0.2, 0.25) is 0 Å². The fraction of sp³-hybridized carbons (Fsp3) is 0.571. The minimum Gasteiger partial charge on any atom is -0.103 e. The topological polar surface area (TPSA) is 0 Å². The maximum Gasteiger partial charge on any atom is -0.0142 e. The molecule has 0 amide bonds. The molecule has 0 saturated heterocycles. The summed E-state index contributed by atoms with van der Waals surface area (Å²) in [6.45, 7) is 12.5. The van der Waals surface area contributed by atoms with Gasteiger partial charge in [-0.25, -0.2) is 0 Å².